The van der Waals surface area contributed by atoms with Gasteiger partial charge in [-0.15, -0.1) is 0 Å². The van der Waals surface area contributed by atoms with Crippen molar-refractivity contribution in [3.63, 3.8) is 0 Å². The number of hydrogen-bond acceptors (Lipinski definition) is 2. The Labute approximate surface area is 128 Å². The van der Waals surface area contributed by atoms with E-state index in [1.165, 1.54) is 12.8 Å². The molecule has 0 aromatic heterocycles. The van der Waals surface area contributed by atoms with Crippen LogP contribution < -0.4 is 5.32 Å². The predicted octanol–water partition coefficient (Wildman–Crippen LogP) is 1.55. The molecule has 0 aliphatic carbocycles. The second-order valence-electron chi connectivity index (χ2n) is 6.69. The maximum Gasteiger partial charge on any atom is 0.241 e. The first-order valence-electron chi connectivity index (χ1n) is 8.33. The lowest BCUT2D eigenvalue weighted by molar-refractivity contribution is -0.130. The molecule has 2 atom stereocenters. The van der Waals surface area contributed by atoms with Crippen LogP contribution in [0, 0.1) is 11.8 Å². The van der Waals surface area contributed by atoms with E-state index in [1.54, 1.807) is 7.05 Å². The van der Waals surface area contributed by atoms with E-state index in [-0.39, 0.29) is 5.91 Å². The zero-order valence-electron chi connectivity index (χ0n) is 13.8. The molecule has 120 valence electrons. The average molecular weight is 294 g/mol. The predicted molar refractivity (Wildman–Crippen MR) is 86.3 cm³/mol. The third kappa shape index (κ3) is 4.61. The van der Waals surface area contributed by atoms with Crippen molar-refractivity contribution in [2.75, 3.05) is 39.8 Å². The molecule has 2 aliphatic heterocycles. The molecule has 2 unspecified atom stereocenters. The van der Waals surface area contributed by atoms with Gasteiger partial charge in [0.1, 0.15) is 0 Å². The summed E-state index contributed by atoms with van der Waals surface area (Å²) in [5, 5.41) is 3.26. The topological polar surface area (TPSA) is 47.9 Å². The first-order chi connectivity index (χ1) is 10.1. The number of nitrogens with one attached hydrogen (secondary N) is 1. The van der Waals surface area contributed by atoms with Gasteiger partial charge in [0.2, 0.25) is 5.91 Å². The van der Waals surface area contributed by atoms with Crippen molar-refractivity contribution < 1.29 is 4.79 Å². The molecule has 2 fully saturated rings. The average Bonchev–Trinajstić information content (AvgIpc) is 2.47. The Morgan fingerprint density at radius 3 is 2.29 bits per heavy atom. The van der Waals surface area contributed by atoms with E-state index in [0.717, 1.165) is 45.0 Å². The highest BCUT2D eigenvalue weighted by Gasteiger charge is 2.24. The molecule has 0 saturated carbocycles. The van der Waals surface area contributed by atoms with Gasteiger partial charge in [-0.2, -0.15) is 0 Å². The van der Waals surface area contributed by atoms with Crippen molar-refractivity contribution in [2.45, 2.75) is 39.5 Å². The number of likely N-dealkylation sites (tertiary alicyclic amines) is 2. The van der Waals surface area contributed by atoms with E-state index in [1.807, 2.05) is 4.90 Å². The molecule has 1 N–H and O–H groups in total. The van der Waals surface area contributed by atoms with Crippen molar-refractivity contribution >= 4 is 11.9 Å². The van der Waals surface area contributed by atoms with Crippen LogP contribution in [0.1, 0.15) is 39.5 Å². The first-order valence-corrected chi connectivity index (χ1v) is 8.33. The normalized spacial score (nSPS) is 27.7. The third-order valence-corrected chi connectivity index (χ3v) is 4.49. The minimum absolute atomic E-state index is 0.203. The van der Waals surface area contributed by atoms with E-state index in [0.29, 0.717) is 18.4 Å². The highest BCUT2D eigenvalue weighted by atomic mass is 16.2. The Morgan fingerprint density at radius 2 is 1.71 bits per heavy atom. The molecular weight excluding hydrogens is 264 g/mol. The maximum absolute atomic E-state index is 12.2. The van der Waals surface area contributed by atoms with Gasteiger partial charge in [-0.1, -0.05) is 13.8 Å². The Morgan fingerprint density at radius 1 is 1.10 bits per heavy atom. The van der Waals surface area contributed by atoms with Crippen LogP contribution in [-0.2, 0) is 4.79 Å². The summed E-state index contributed by atoms with van der Waals surface area (Å²) in [6.07, 6.45) is 4.81. The van der Waals surface area contributed by atoms with Gasteiger partial charge in [-0.3, -0.25) is 9.79 Å². The summed E-state index contributed by atoms with van der Waals surface area (Å²) >= 11 is 0. The second kappa shape index (κ2) is 7.66. The molecule has 2 heterocycles. The van der Waals surface area contributed by atoms with Gasteiger partial charge in [0.15, 0.2) is 5.96 Å². The summed E-state index contributed by atoms with van der Waals surface area (Å²) in [6, 6.07) is 0. The van der Waals surface area contributed by atoms with Crippen LogP contribution in [-0.4, -0.2) is 61.4 Å². The fourth-order valence-corrected chi connectivity index (χ4v) is 3.58. The van der Waals surface area contributed by atoms with Crippen LogP contribution in [0.5, 0.6) is 0 Å². The van der Waals surface area contributed by atoms with Crippen LogP contribution >= 0.6 is 0 Å². The van der Waals surface area contributed by atoms with Gasteiger partial charge < -0.3 is 15.1 Å². The van der Waals surface area contributed by atoms with Crippen LogP contribution in [0.25, 0.3) is 0 Å². The van der Waals surface area contributed by atoms with Crippen LogP contribution in [0.15, 0.2) is 4.99 Å². The molecule has 2 aliphatic rings. The Hall–Kier alpha value is -1.26. The summed E-state index contributed by atoms with van der Waals surface area (Å²) in [5.41, 5.74) is 0. The number of rotatable bonds is 2. The summed E-state index contributed by atoms with van der Waals surface area (Å²) in [4.78, 5) is 20.8. The van der Waals surface area contributed by atoms with E-state index >= 15 is 0 Å². The van der Waals surface area contributed by atoms with Crippen LogP contribution in [0.3, 0.4) is 0 Å². The van der Waals surface area contributed by atoms with Gasteiger partial charge in [0.05, 0.1) is 6.54 Å². The standard InChI is InChI=1S/C16H30N4O/c1-13-9-14(2)12-20(11-13)16(17-3)18-10-15(21)19-7-5-4-6-8-19/h13-14H,4-12H2,1-3H3,(H,17,18). The largest absolute Gasteiger partial charge is 0.347 e. The van der Waals surface area contributed by atoms with Crippen molar-refractivity contribution in [3.05, 3.63) is 0 Å². The Kier molecular flexibility index (Phi) is 5.88. The number of hydrogen-bond donors (Lipinski definition) is 1. The van der Waals surface area contributed by atoms with Gasteiger partial charge in [-0.25, -0.2) is 0 Å². The van der Waals surface area contributed by atoms with E-state index in [4.69, 9.17) is 0 Å². The Balaban J connectivity index is 1.83. The molecule has 5 heteroatoms. The molecule has 0 aromatic rings. The Bertz CT molecular complexity index is 366. The lowest BCUT2D eigenvalue weighted by Gasteiger charge is -2.37. The molecular formula is C16H30N4O. The monoisotopic (exact) mass is 294 g/mol. The zero-order valence-corrected chi connectivity index (χ0v) is 13.8. The van der Waals surface area contributed by atoms with Crippen LogP contribution in [0.4, 0.5) is 0 Å². The summed E-state index contributed by atoms with van der Waals surface area (Å²) in [7, 11) is 1.80. The highest BCUT2D eigenvalue weighted by molar-refractivity contribution is 5.86. The smallest absolute Gasteiger partial charge is 0.241 e. The van der Waals surface area contributed by atoms with Crippen molar-refractivity contribution in [1.29, 1.82) is 0 Å². The zero-order chi connectivity index (χ0) is 15.2. The maximum atomic E-state index is 12.2. The van der Waals surface area contributed by atoms with E-state index in [2.05, 4.69) is 29.1 Å². The van der Waals surface area contributed by atoms with Gasteiger partial charge in [-0.05, 0) is 37.5 Å². The quantitative estimate of drug-likeness (QED) is 0.621. The summed E-state index contributed by atoms with van der Waals surface area (Å²) in [5.74, 6) is 2.45. The summed E-state index contributed by atoms with van der Waals surface area (Å²) in [6.45, 7) is 8.83. The van der Waals surface area contributed by atoms with Gasteiger partial charge in [0.25, 0.3) is 0 Å². The fraction of sp³-hybridized carbons (Fsp3) is 0.875. The number of piperidine rings is 2. The molecule has 0 aromatic carbocycles. The minimum atomic E-state index is 0.203. The number of aliphatic imine (C=N–C) groups is 1. The molecule has 5 nitrogen and oxygen atoms in total. The lowest BCUT2D eigenvalue weighted by atomic mass is 9.92. The van der Waals surface area contributed by atoms with Gasteiger partial charge >= 0.3 is 0 Å². The fourth-order valence-electron chi connectivity index (χ4n) is 3.58. The van der Waals surface area contributed by atoms with Crippen molar-refractivity contribution in [2.24, 2.45) is 16.8 Å². The molecule has 1 amide bonds. The molecule has 2 rings (SSSR count). The van der Waals surface area contributed by atoms with Gasteiger partial charge in [0, 0.05) is 33.2 Å². The lowest BCUT2D eigenvalue weighted by Crippen LogP contribution is -2.51. The second-order valence-corrected chi connectivity index (χ2v) is 6.69. The summed E-state index contributed by atoms with van der Waals surface area (Å²) < 4.78 is 0. The number of carbonyl (C=O) groups excluding carboxylic acids is 1. The highest BCUT2D eigenvalue weighted by Crippen LogP contribution is 2.20. The molecule has 0 bridgehead atoms. The van der Waals surface area contributed by atoms with E-state index < -0.39 is 0 Å². The number of amides is 1. The molecule has 0 radical (unpaired) electrons. The molecule has 2 saturated heterocycles. The molecule has 0 spiro atoms. The minimum Gasteiger partial charge on any atom is -0.347 e. The van der Waals surface area contributed by atoms with Crippen molar-refractivity contribution in [3.8, 4) is 0 Å². The number of nitrogens with zero attached hydrogens (tertiary/aromatic N) is 3. The van der Waals surface area contributed by atoms with Crippen LogP contribution in [0.2, 0.25) is 0 Å². The first kappa shape index (κ1) is 16.1. The van der Waals surface area contributed by atoms with E-state index in [9.17, 15) is 4.79 Å². The molecule has 21 heavy (non-hydrogen) atoms. The number of guanidine groups is 1. The number of carbonyl (C=O) groups is 1. The third-order valence-electron chi connectivity index (χ3n) is 4.49. The SMILES string of the molecule is CN=C(NCC(=O)N1CCCCC1)N1CC(C)CC(C)C1. The van der Waals surface area contributed by atoms with Crippen molar-refractivity contribution in [1.82, 2.24) is 15.1 Å².